The Morgan fingerprint density at radius 3 is 2.73 bits per heavy atom. The van der Waals surface area contributed by atoms with E-state index in [2.05, 4.69) is 23.7 Å². The lowest BCUT2D eigenvalue weighted by Crippen LogP contribution is -2.15. The van der Waals surface area contributed by atoms with Gasteiger partial charge in [-0.1, -0.05) is 12.5 Å². The molecule has 0 spiro atoms. The van der Waals surface area contributed by atoms with Crippen LogP contribution in [0.3, 0.4) is 0 Å². The Bertz CT molecular complexity index is 358. The van der Waals surface area contributed by atoms with Gasteiger partial charge >= 0.3 is 0 Å². The van der Waals surface area contributed by atoms with Crippen LogP contribution in [0.4, 0.5) is 0 Å². The number of nitrogens with zero attached hydrogens (tertiary/aromatic N) is 2. The fraction of sp³-hybridized carbons (Fsp3) is 0.500. The molecule has 1 aromatic heterocycles. The van der Waals surface area contributed by atoms with E-state index in [-0.39, 0.29) is 6.04 Å². The maximum absolute atomic E-state index is 6.11. The summed E-state index contributed by atoms with van der Waals surface area (Å²) in [6.07, 6.45) is 1.67. The van der Waals surface area contributed by atoms with E-state index in [1.165, 1.54) is 0 Å². The summed E-state index contributed by atoms with van der Waals surface area (Å²) in [5, 5.41) is 8.21. The summed E-state index contributed by atoms with van der Waals surface area (Å²) in [6, 6.07) is 2.02. The van der Waals surface area contributed by atoms with E-state index < -0.39 is 0 Å². The Morgan fingerprint density at radius 2 is 2.20 bits per heavy atom. The van der Waals surface area contributed by atoms with Crippen LogP contribution >= 0.6 is 0 Å². The van der Waals surface area contributed by atoms with Gasteiger partial charge in [0, 0.05) is 6.04 Å². The van der Waals surface area contributed by atoms with Crippen molar-refractivity contribution in [3.63, 3.8) is 0 Å². The first-order valence-electron chi connectivity index (χ1n) is 5.27. The molecule has 0 aliphatic rings. The summed E-state index contributed by atoms with van der Waals surface area (Å²) in [4.78, 5) is 0. The molecular formula is C12H19N3. The lowest BCUT2D eigenvalue weighted by atomic mass is 9.99. The summed E-state index contributed by atoms with van der Waals surface area (Å²) >= 11 is 0. The third-order valence-corrected chi connectivity index (χ3v) is 2.33. The highest BCUT2D eigenvalue weighted by molar-refractivity contribution is 5.25. The Kier molecular flexibility index (Phi) is 3.97. The standard InChI is InChI=1S/C12H19N3/c1-5-12-10(7-9(4)14-15-12)11(13)6-8(2)3/h7,11H,2,5-6,13H2,1,3-4H3. The highest BCUT2D eigenvalue weighted by atomic mass is 15.1. The first kappa shape index (κ1) is 11.9. The van der Waals surface area contributed by atoms with Crippen LogP contribution in [-0.4, -0.2) is 10.2 Å². The second-order valence-corrected chi connectivity index (χ2v) is 4.01. The smallest absolute Gasteiger partial charge is 0.0676 e. The lowest BCUT2D eigenvalue weighted by molar-refractivity contribution is 0.688. The molecule has 0 aliphatic heterocycles. The molecular weight excluding hydrogens is 186 g/mol. The molecule has 1 unspecified atom stereocenters. The first-order chi connectivity index (χ1) is 7.04. The predicted molar refractivity (Wildman–Crippen MR) is 62.5 cm³/mol. The van der Waals surface area contributed by atoms with E-state index in [1.54, 1.807) is 0 Å². The summed E-state index contributed by atoms with van der Waals surface area (Å²) < 4.78 is 0. The molecule has 0 aliphatic carbocycles. The maximum atomic E-state index is 6.11. The molecule has 1 atom stereocenters. The van der Waals surface area contributed by atoms with Crippen molar-refractivity contribution in [3.05, 3.63) is 35.2 Å². The van der Waals surface area contributed by atoms with Crippen molar-refractivity contribution >= 4 is 0 Å². The summed E-state index contributed by atoms with van der Waals surface area (Å²) in [5.74, 6) is 0. The predicted octanol–water partition coefficient (Wildman–Crippen LogP) is 2.31. The quantitative estimate of drug-likeness (QED) is 0.767. The third-order valence-electron chi connectivity index (χ3n) is 2.33. The van der Waals surface area contributed by atoms with Crippen LogP contribution in [0.25, 0.3) is 0 Å². The van der Waals surface area contributed by atoms with Crippen molar-refractivity contribution in [1.29, 1.82) is 0 Å². The molecule has 1 rings (SSSR count). The van der Waals surface area contributed by atoms with Gasteiger partial charge in [-0.3, -0.25) is 0 Å². The Labute approximate surface area is 91.4 Å². The van der Waals surface area contributed by atoms with Crippen molar-refractivity contribution in [1.82, 2.24) is 10.2 Å². The minimum atomic E-state index is -0.00773. The van der Waals surface area contributed by atoms with E-state index in [0.717, 1.165) is 35.4 Å². The van der Waals surface area contributed by atoms with Crippen molar-refractivity contribution in [2.75, 3.05) is 0 Å². The fourth-order valence-corrected chi connectivity index (χ4v) is 1.62. The van der Waals surface area contributed by atoms with Crippen LogP contribution in [0.2, 0.25) is 0 Å². The maximum Gasteiger partial charge on any atom is 0.0676 e. The first-order valence-corrected chi connectivity index (χ1v) is 5.27. The number of hydrogen-bond acceptors (Lipinski definition) is 3. The van der Waals surface area contributed by atoms with Crippen LogP contribution in [0.1, 0.15) is 43.3 Å². The summed E-state index contributed by atoms with van der Waals surface area (Å²) in [6.45, 7) is 9.88. The highest BCUT2D eigenvalue weighted by Gasteiger charge is 2.12. The average molecular weight is 205 g/mol. The van der Waals surface area contributed by atoms with Crippen LogP contribution in [0, 0.1) is 6.92 Å². The Hall–Kier alpha value is -1.22. The van der Waals surface area contributed by atoms with Crippen LogP contribution in [-0.2, 0) is 6.42 Å². The van der Waals surface area contributed by atoms with Gasteiger partial charge in [0.05, 0.1) is 11.4 Å². The second-order valence-electron chi connectivity index (χ2n) is 4.01. The number of nitrogens with two attached hydrogens (primary N) is 1. The SMILES string of the molecule is C=C(C)CC(N)c1cc(C)nnc1CC. The molecule has 0 radical (unpaired) electrons. The molecule has 2 N–H and O–H groups in total. The zero-order valence-corrected chi connectivity index (χ0v) is 9.75. The molecule has 82 valence electrons. The minimum Gasteiger partial charge on any atom is -0.324 e. The van der Waals surface area contributed by atoms with Crippen molar-refractivity contribution in [2.24, 2.45) is 5.73 Å². The zero-order chi connectivity index (χ0) is 11.4. The molecule has 1 aromatic rings. The molecule has 0 saturated heterocycles. The minimum absolute atomic E-state index is 0.00773. The molecule has 1 heterocycles. The van der Waals surface area contributed by atoms with E-state index in [9.17, 15) is 0 Å². The van der Waals surface area contributed by atoms with E-state index >= 15 is 0 Å². The van der Waals surface area contributed by atoms with Gasteiger partial charge < -0.3 is 5.73 Å². The number of aryl methyl sites for hydroxylation is 2. The van der Waals surface area contributed by atoms with Gasteiger partial charge in [-0.05, 0) is 38.3 Å². The zero-order valence-electron chi connectivity index (χ0n) is 9.75. The van der Waals surface area contributed by atoms with Crippen molar-refractivity contribution in [2.45, 2.75) is 39.7 Å². The topological polar surface area (TPSA) is 51.8 Å². The molecule has 15 heavy (non-hydrogen) atoms. The van der Waals surface area contributed by atoms with Gasteiger partial charge in [-0.2, -0.15) is 10.2 Å². The van der Waals surface area contributed by atoms with Gasteiger partial charge in [0.1, 0.15) is 0 Å². The van der Waals surface area contributed by atoms with Crippen LogP contribution in [0.5, 0.6) is 0 Å². The van der Waals surface area contributed by atoms with Crippen molar-refractivity contribution < 1.29 is 0 Å². The largest absolute Gasteiger partial charge is 0.324 e. The third kappa shape index (κ3) is 3.13. The Morgan fingerprint density at radius 1 is 1.53 bits per heavy atom. The van der Waals surface area contributed by atoms with Crippen molar-refractivity contribution in [3.8, 4) is 0 Å². The average Bonchev–Trinajstić information content (AvgIpc) is 2.16. The summed E-state index contributed by atoms with van der Waals surface area (Å²) in [7, 11) is 0. The van der Waals surface area contributed by atoms with Gasteiger partial charge in [0.15, 0.2) is 0 Å². The molecule has 3 heteroatoms. The normalized spacial score (nSPS) is 12.5. The molecule has 3 nitrogen and oxygen atoms in total. The molecule has 0 bridgehead atoms. The van der Waals surface area contributed by atoms with E-state index in [4.69, 9.17) is 5.73 Å². The number of hydrogen-bond donors (Lipinski definition) is 1. The monoisotopic (exact) mass is 205 g/mol. The van der Waals surface area contributed by atoms with Crippen LogP contribution in [0.15, 0.2) is 18.2 Å². The van der Waals surface area contributed by atoms with Gasteiger partial charge in [-0.15, -0.1) is 6.58 Å². The van der Waals surface area contributed by atoms with Gasteiger partial charge in [0.2, 0.25) is 0 Å². The summed E-state index contributed by atoms with van der Waals surface area (Å²) in [5.41, 5.74) is 10.2. The number of rotatable bonds is 4. The Balaban J connectivity index is 2.99. The molecule has 0 amide bonds. The molecule has 0 aromatic carbocycles. The highest BCUT2D eigenvalue weighted by Crippen LogP contribution is 2.20. The molecule has 0 fully saturated rings. The van der Waals surface area contributed by atoms with Gasteiger partial charge in [-0.25, -0.2) is 0 Å². The lowest BCUT2D eigenvalue weighted by Gasteiger charge is -2.15. The van der Waals surface area contributed by atoms with E-state index in [1.807, 2.05) is 19.9 Å². The fourth-order valence-electron chi connectivity index (χ4n) is 1.62. The second kappa shape index (κ2) is 5.03. The van der Waals surface area contributed by atoms with Gasteiger partial charge in [0.25, 0.3) is 0 Å². The van der Waals surface area contributed by atoms with E-state index in [0.29, 0.717) is 0 Å². The van der Waals surface area contributed by atoms with Crippen LogP contribution < -0.4 is 5.73 Å². The number of aromatic nitrogens is 2. The molecule has 0 saturated carbocycles.